The van der Waals surface area contributed by atoms with Crippen molar-refractivity contribution in [3.8, 4) is 18.1 Å². The Bertz CT molecular complexity index is 1210. The van der Waals surface area contributed by atoms with Gasteiger partial charge in [0.25, 0.3) is 0 Å². The normalized spacial score (nSPS) is 30.7. The van der Waals surface area contributed by atoms with E-state index in [0.29, 0.717) is 30.8 Å². The van der Waals surface area contributed by atoms with Crippen LogP contribution < -0.4 is 10.1 Å². The van der Waals surface area contributed by atoms with Gasteiger partial charge in [-0.05, 0) is 106 Å². The monoisotopic (exact) mass is 515 g/mol. The molecule has 2 aromatic rings. The molecule has 2 fully saturated rings. The zero-order chi connectivity index (χ0) is 27.1. The van der Waals surface area contributed by atoms with E-state index in [1.54, 1.807) is 0 Å². The van der Waals surface area contributed by atoms with Gasteiger partial charge >= 0.3 is 6.09 Å². The second kappa shape index (κ2) is 9.97. The lowest BCUT2D eigenvalue weighted by molar-refractivity contribution is -0.0647. The fourth-order valence-corrected chi connectivity index (χ4v) is 7.44. The molecule has 3 aliphatic carbocycles. The molecule has 0 bridgehead atoms. The van der Waals surface area contributed by atoms with E-state index in [-0.39, 0.29) is 11.5 Å². The van der Waals surface area contributed by atoms with Gasteiger partial charge in [0.05, 0.1) is 6.04 Å². The first-order valence-corrected chi connectivity index (χ1v) is 14.0. The highest BCUT2D eigenvalue weighted by atomic mass is 16.6. The van der Waals surface area contributed by atoms with Crippen molar-refractivity contribution < 1.29 is 19.4 Å². The van der Waals surface area contributed by atoms with Crippen LogP contribution in [0.25, 0.3) is 0 Å². The first kappa shape index (κ1) is 26.6. The number of hydrogen-bond donors (Lipinski definition) is 2. The van der Waals surface area contributed by atoms with Crippen LogP contribution in [0.4, 0.5) is 4.79 Å². The molecule has 6 atom stereocenters. The van der Waals surface area contributed by atoms with Crippen molar-refractivity contribution >= 4 is 6.09 Å². The van der Waals surface area contributed by atoms with Crippen LogP contribution in [0.2, 0.25) is 0 Å². The topological polar surface area (TPSA) is 67.8 Å². The predicted octanol–water partition coefficient (Wildman–Crippen LogP) is 6.55. The second-order valence-electron chi connectivity index (χ2n) is 12.7. The van der Waals surface area contributed by atoms with E-state index in [1.807, 2.05) is 51.1 Å². The Morgan fingerprint density at radius 1 is 1.16 bits per heavy atom. The third kappa shape index (κ3) is 4.92. The van der Waals surface area contributed by atoms with Gasteiger partial charge < -0.3 is 19.9 Å². The SMILES string of the molecule is C#CC1(O)CCC2C3CCc4cc(OCC(NC(=O)OC(C)(C)C)c5ccccc5)ccc4C3CCC21C. The van der Waals surface area contributed by atoms with Gasteiger partial charge in [-0.15, -0.1) is 6.42 Å². The fourth-order valence-electron chi connectivity index (χ4n) is 7.44. The predicted molar refractivity (Wildman–Crippen MR) is 149 cm³/mol. The van der Waals surface area contributed by atoms with Crippen molar-refractivity contribution in [2.75, 3.05) is 6.61 Å². The van der Waals surface area contributed by atoms with E-state index >= 15 is 0 Å². The lowest BCUT2D eigenvalue weighted by atomic mass is 9.53. The summed E-state index contributed by atoms with van der Waals surface area (Å²) in [6.45, 7) is 8.09. The van der Waals surface area contributed by atoms with Crippen molar-refractivity contribution in [1.29, 1.82) is 0 Å². The molecule has 2 aromatic carbocycles. The molecule has 2 saturated carbocycles. The number of ether oxygens (including phenoxy) is 2. The molecule has 0 saturated heterocycles. The van der Waals surface area contributed by atoms with Gasteiger partial charge in [-0.1, -0.05) is 49.2 Å². The standard InChI is InChI=1S/C33H41NO4/c1-6-33(36)19-17-28-27-14-12-23-20-24(13-15-25(23)26(27)16-18-32(28,33)5)37-21-29(22-10-8-7-9-11-22)34-30(35)38-31(2,3)4/h1,7-11,13,15,20,26-29,36H,12,14,16-19,21H2,2-5H3,(H,34,35). The van der Waals surface area contributed by atoms with Gasteiger partial charge in [-0.2, -0.15) is 0 Å². The molecule has 38 heavy (non-hydrogen) atoms. The van der Waals surface area contributed by atoms with Gasteiger partial charge in [0, 0.05) is 5.41 Å². The van der Waals surface area contributed by atoms with Crippen LogP contribution >= 0.6 is 0 Å². The number of nitrogens with one attached hydrogen (secondary N) is 1. The number of aryl methyl sites for hydroxylation is 1. The number of carbonyl (C=O) groups is 1. The average molecular weight is 516 g/mol. The number of aliphatic hydroxyl groups is 1. The Balaban J connectivity index is 1.29. The van der Waals surface area contributed by atoms with Crippen molar-refractivity contribution in [2.45, 2.75) is 89.4 Å². The molecular formula is C33H41NO4. The number of rotatable bonds is 5. The quantitative estimate of drug-likeness (QED) is 0.443. The third-order valence-electron chi connectivity index (χ3n) is 9.40. The zero-order valence-corrected chi connectivity index (χ0v) is 23.1. The highest BCUT2D eigenvalue weighted by Crippen LogP contribution is 2.64. The molecule has 0 spiro atoms. The summed E-state index contributed by atoms with van der Waals surface area (Å²) < 4.78 is 11.7. The average Bonchev–Trinajstić information content (AvgIpc) is 3.16. The Hall–Kier alpha value is -2.97. The lowest BCUT2D eigenvalue weighted by Gasteiger charge is -2.52. The Kier molecular flexibility index (Phi) is 6.99. The minimum absolute atomic E-state index is 0.183. The van der Waals surface area contributed by atoms with Crippen LogP contribution in [-0.4, -0.2) is 29.0 Å². The maximum absolute atomic E-state index is 12.5. The number of hydrogen-bond acceptors (Lipinski definition) is 4. The molecule has 202 valence electrons. The smallest absolute Gasteiger partial charge is 0.408 e. The Labute approximate surface area is 227 Å². The maximum Gasteiger partial charge on any atom is 0.408 e. The molecule has 0 radical (unpaired) electrons. The van der Waals surface area contributed by atoms with E-state index in [0.717, 1.165) is 43.4 Å². The molecule has 0 aliphatic heterocycles. The minimum atomic E-state index is -0.969. The summed E-state index contributed by atoms with van der Waals surface area (Å²) in [5, 5.41) is 14.2. The number of terminal acetylenes is 1. The molecule has 0 aromatic heterocycles. The minimum Gasteiger partial charge on any atom is -0.491 e. The van der Waals surface area contributed by atoms with E-state index < -0.39 is 17.3 Å². The van der Waals surface area contributed by atoms with Gasteiger partial charge in [-0.25, -0.2) is 4.79 Å². The molecular weight excluding hydrogens is 474 g/mol. The fraction of sp³-hybridized carbons (Fsp3) is 0.545. The summed E-state index contributed by atoms with van der Waals surface area (Å²) in [5.74, 6) is 5.13. The molecule has 5 heteroatoms. The molecule has 1 amide bonds. The summed E-state index contributed by atoms with van der Waals surface area (Å²) in [4.78, 5) is 12.5. The van der Waals surface area contributed by atoms with Gasteiger partial charge in [-0.3, -0.25) is 0 Å². The number of alkyl carbamates (subject to hydrolysis) is 1. The van der Waals surface area contributed by atoms with E-state index in [9.17, 15) is 9.90 Å². The lowest BCUT2D eigenvalue weighted by Crippen LogP contribution is -2.50. The van der Waals surface area contributed by atoms with Crippen LogP contribution in [0.15, 0.2) is 48.5 Å². The highest BCUT2D eigenvalue weighted by Gasteiger charge is 2.61. The summed E-state index contributed by atoms with van der Waals surface area (Å²) in [7, 11) is 0. The van der Waals surface area contributed by atoms with E-state index in [2.05, 4.69) is 36.4 Å². The maximum atomic E-state index is 12.5. The van der Waals surface area contributed by atoms with Crippen molar-refractivity contribution in [3.05, 3.63) is 65.2 Å². The summed E-state index contributed by atoms with van der Waals surface area (Å²) >= 11 is 0. The van der Waals surface area contributed by atoms with Crippen LogP contribution in [0.1, 0.15) is 88.4 Å². The van der Waals surface area contributed by atoms with Crippen LogP contribution in [0, 0.1) is 29.6 Å². The first-order chi connectivity index (χ1) is 18.0. The third-order valence-corrected chi connectivity index (χ3v) is 9.40. The summed E-state index contributed by atoms with van der Waals surface area (Å²) in [6.07, 6.45) is 11.2. The summed E-state index contributed by atoms with van der Waals surface area (Å²) in [6, 6.07) is 16.0. The van der Waals surface area contributed by atoms with E-state index in [4.69, 9.17) is 15.9 Å². The first-order valence-electron chi connectivity index (χ1n) is 14.0. The van der Waals surface area contributed by atoms with Crippen molar-refractivity contribution in [2.24, 2.45) is 17.3 Å². The largest absolute Gasteiger partial charge is 0.491 e. The molecule has 3 aliphatic rings. The second-order valence-corrected chi connectivity index (χ2v) is 12.7. The summed E-state index contributed by atoms with van der Waals surface area (Å²) in [5.41, 5.74) is 2.03. The zero-order valence-electron chi connectivity index (χ0n) is 23.1. The molecule has 5 rings (SSSR count). The van der Waals surface area contributed by atoms with Gasteiger partial charge in [0.2, 0.25) is 0 Å². The van der Waals surface area contributed by atoms with Gasteiger partial charge in [0.1, 0.15) is 23.6 Å². The number of benzene rings is 2. The van der Waals surface area contributed by atoms with Gasteiger partial charge in [0.15, 0.2) is 0 Å². The number of carbonyl (C=O) groups excluding carboxylic acids is 1. The Morgan fingerprint density at radius 2 is 1.92 bits per heavy atom. The number of amides is 1. The molecule has 0 heterocycles. The van der Waals surface area contributed by atoms with Crippen molar-refractivity contribution in [1.82, 2.24) is 5.32 Å². The Morgan fingerprint density at radius 3 is 2.63 bits per heavy atom. The molecule has 6 unspecified atom stereocenters. The molecule has 5 nitrogen and oxygen atoms in total. The van der Waals surface area contributed by atoms with Crippen molar-refractivity contribution in [3.63, 3.8) is 0 Å². The van der Waals surface area contributed by atoms with Crippen LogP contribution in [0.3, 0.4) is 0 Å². The van der Waals surface area contributed by atoms with Crippen LogP contribution in [-0.2, 0) is 11.2 Å². The number of fused-ring (bicyclic) bond motifs is 5. The van der Waals surface area contributed by atoms with E-state index in [1.165, 1.54) is 11.1 Å². The molecule has 2 N–H and O–H groups in total. The van der Waals surface area contributed by atoms with Crippen LogP contribution in [0.5, 0.6) is 5.75 Å². The highest BCUT2D eigenvalue weighted by molar-refractivity contribution is 5.68.